The van der Waals surface area contributed by atoms with Gasteiger partial charge in [0.2, 0.25) is 11.8 Å². The summed E-state index contributed by atoms with van der Waals surface area (Å²) in [6, 6.07) is 13.0. The fourth-order valence-corrected chi connectivity index (χ4v) is 3.55. The molecule has 1 saturated heterocycles. The van der Waals surface area contributed by atoms with Crippen molar-refractivity contribution in [2.75, 3.05) is 31.2 Å². The zero-order chi connectivity index (χ0) is 22.5. The first-order chi connectivity index (χ1) is 14.8. The van der Waals surface area contributed by atoms with Crippen molar-refractivity contribution in [3.05, 3.63) is 65.5 Å². The molecule has 6 nitrogen and oxygen atoms in total. The van der Waals surface area contributed by atoms with E-state index in [0.717, 1.165) is 12.0 Å². The van der Waals surface area contributed by atoms with Crippen LogP contribution in [-0.4, -0.2) is 53.8 Å². The van der Waals surface area contributed by atoms with E-state index in [4.69, 9.17) is 0 Å². The summed E-state index contributed by atoms with van der Waals surface area (Å²) >= 11 is 0. The molecule has 0 atom stereocenters. The van der Waals surface area contributed by atoms with Gasteiger partial charge in [0.05, 0.1) is 0 Å². The molecule has 0 N–H and O–H groups in total. The van der Waals surface area contributed by atoms with Gasteiger partial charge >= 0.3 is 0 Å². The van der Waals surface area contributed by atoms with Crippen LogP contribution in [0.5, 0.6) is 0 Å². The van der Waals surface area contributed by atoms with Crippen LogP contribution in [-0.2, 0) is 16.0 Å². The molecule has 2 aromatic rings. The zero-order valence-electron chi connectivity index (χ0n) is 18.2. The van der Waals surface area contributed by atoms with Crippen molar-refractivity contribution in [3.8, 4) is 0 Å². The number of amides is 3. The van der Waals surface area contributed by atoms with Crippen LogP contribution >= 0.6 is 0 Å². The summed E-state index contributed by atoms with van der Waals surface area (Å²) in [4.78, 5) is 42.8. The molecule has 0 unspecified atom stereocenters. The summed E-state index contributed by atoms with van der Waals surface area (Å²) < 4.78 is 13.2. The number of halogens is 1. The molecular weight excluding hydrogens is 397 g/mol. The van der Waals surface area contributed by atoms with Crippen LogP contribution in [0.3, 0.4) is 0 Å². The van der Waals surface area contributed by atoms with Gasteiger partial charge in [0.25, 0.3) is 5.91 Å². The molecule has 1 fully saturated rings. The average molecular weight is 426 g/mol. The molecule has 0 aromatic heterocycles. The Labute approximate surface area is 182 Å². The van der Waals surface area contributed by atoms with Gasteiger partial charge < -0.3 is 9.80 Å². The van der Waals surface area contributed by atoms with Crippen LogP contribution < -0.4 is 4.90 Å². The molecule has 0 bridgehead atoms. The summed E-state index contributed by atoms with van der Waals surface area (Å²) in [5, 5.41) is 0. The van der Waals surface area contributed by atoms with E-state index in [-0.39, 0.29) is 43.4 Å². The molecular formula is C24H28FN3O3. The van der Waals surface area contributed by atoms with Gasteiger partial charge in [-0.25, -0.2) is 4.39 Å². The Morgan fingerprint density at radius 3 is 2.29 bits per heavy atom. The summed E-state index contributed by atoms with van der Waals surface area (Å²) in [5.41, 5.74) is 2.21. The molecule has 3 amide bonds. The zero-order valence-corrected chi connectivity index (χ0v) is 18.2. The third kappa shape index (κ3) is 5.48. The first-order valence-electron chi connectivity index (χ1n) is 10.5. The van der Waals surface area contributed by atoms with Crippen molar-refractivity contribution in [2.24, 2.45) is 5.92 Å². The van der Waals surface area contributed by atoms with Gasteiger partial charge in [0.1, 0.15) is 25.6 Å². The number of nitrogens with zero attached hydrogens (tertiary/aromatic N) is 3. The second-order valence-electron chi connectivity index (χ2n) is 8.16. The van der Waals surface area contributed by atoms with Gasteiger partial charge in [-0.2, -0.15) is 0 Å². The van der Waals surface area contributed by atoms with Crippen molar-refractivity contribution in [3.63, 3.8) is 0 Å². The number of rotatable bonds is 7. The number of hydrogen-bond acceptors (Lipinski definition) is 3. The first kappa shape index (κ1) is 22.5. The molecule has 0 saturated carbocycles. The molecule has 2 aromatic carbocycles. The first-order valence-corrected chi connectivity index (χ1v) is 10.5. The smallest absolute Gasteiger partial charge is 0.254 e. The van der Waals surface area contributed by atoms with Crippen LogP contribution in [0.2, 0.25) is 0 Å². The summed E-state index contributed by atoms with van der Waals surface area (Å²) in [6.45, 7) is 6.37. The van der Waals surface area contributed by atoms with E-state index < -0.39 is 5.82 Å². The molecule has 1 aliphatic rings. The summed E-state index contributed by atoms with van der Waals surface area (Å²) in [5.74, 6) is -0.944. The lowest BCUT2D eigenvalue weighted by Gasteiger charge is -2.26. The minimum Gasteiger partial charge on any atom is -0.329 e. The molecule has 1 heterocycles. The summed E-state index contributed by atoms with van der Waals surface area (Å²) in [6.07, 6.45) is 0.885. The van der Waals surface area contributed by atoms with E-state index in [1.54, 1.807) is 17.0 Å². The molecule has 7 heteroatoms. The lowest BCUT2D eigenvalue weighted by atomic mass is 10.1. The Morgan fingerprint density at radius 2 is 1.71 bits per heavy atom. The predicted octanol–water partition coefficient (Wildman–Crippen LogP) is 3.32. The number of carbonyl (C=O) groups excluding carboxylic acids is 3. The molecule has 0 spiro atoms. The highest BCUT2D eigenvalue weighted by molar-refractivity contribution is 6.01. The second-order valence-corrected chi connectivity index (χ2v) is 8.16. The molecule has 1 aliphatic heterocycles. The van der Waals surface area contributed by atoms with Gasteiger partial charge in [0, 0.05) is 17.8 Å². The van der Waals surface area contributed by atoms with Crippen LogP contribution in [0.1, 0.15) is 36.7 Å². The van der Waals surface area contributed by atoms with Crippen LogP contribution in [0.25, 0.3) is 0 Å². The fourth-order valence-electron chi connectivity index (χ4n) is 3.55. The highest BCUT2D eigenvalue weighted by atomic mass is 19.1. The van der Waals surface area contributed by atoms with Gasteiger partial charge in [0.15, 0.2) is 0 Å². The fraction of sp³-hybridized carbons (Fsp3) is 0.375. The average Bonchev–Trinajstić information content (AvgIpc) is 3.15. The van der Waals surface area contributed by atoms with E-state index in [9.17, 15) is 18.8 Å². The number of carbonyl (C=O) groups is 3. The Hall–Kier alpha value is -3.22. The molecule has 31 heavy (non-hydrogen) atoms. The maximum absolute atomic E-state index is 13.2. The Kier molecular flexibility index (Phi) is 7.05. The van der Waals surface area contributed by atoms with Crippen molar-refractivity contribution < 1.29 is 18.8 Å². The van der Waals surface area contributed by atoms with Crippen molar-refractivity contribution in [1.29, 1.82) is 0 Å². The maximum Gasteiger partial charge on any atom is 0.254 e. The predicted molar refractivity (Wildman–Crippen MR) is 117 cm³/mol. The van der Waals surface area contributed by atoms with E-state index in [1.807, 2.05) is 32.9 Å². The normalized spacial score (nSPS) is 13.8. The van der Waals surface area contributed by atoms with Gasteiger partial charge in [-0.05, 0) is 54.3 Å². The van der Waals surface area contributed by atoms with Crippen LogP contribution in [0.4, 0.5) is 10.1 Å². The van der Waals surface area contributed by atoms with Crippen molar-refractivity contribution in [2.45, 2.75) is 27.2 Å². The largest absolute Gasteiger partial charge is 0.329 e. The standard InChI is InChI=1S/C24H28FN3O3/c1-4-18-5-7-19(8-6-18)24(31)26(13-17(2)3)14-22(29)27-15-23(30)28(16-27)21-11-9-20(25)10-12-21/h5-12,17H,4,13-16H2,1-3H3. The Morgan fingerprint density at radius 1 is 1.06 bits per heavy atom. The highest BCUT2D eigenvalue weighted by Gasteiger charge is 2.33. The second kappa shape index (κ2) is 9.73. The molecule has 164 valence electrons. The van der Waals surface area contributed by atoms with Crippen molar-refractivity contribution in [1.82, 2.24) is 9.80 Å². The van der Waals surface area contributed by atoms with E-state index in [1.165, 1.54) is 34.1 Å². The number of aryl methyl sites for hydroxylation is 1. The van der Waals surface area contributed by atoms with E-state index >= 15 is 0 Å². The monoisotopic (exact) mass is 425 g/mol. The third-order valence-electron chi connectivity index (χ3n) is 5.24. The van der Waals surface area contributed by atoms with Crippen molar-refractivity contribution >= 4 is 23.4 Å². The Balaban J connectivity index is 1.70. The van der Waals surface area contributed by atoms with Crippen LogP contribution in [0, 0.1) is 11.7 Å². The number of anilines is 1. The van der Waals surface area contributed by atoms with E-state index in [0.29, 0.717) is 17.8 Å². The van der Waals surface area contributed by atoms with Gasteiger partial charge in [-0.3, -0.25) is 19.3 Å². The van der Waals surface area contributed by atoms with Gasteiger partial charge in [-0.15, -0.1) is 0 Å². The molecule has 3 rings (SSSR count). The quantitative estimate of drug-likeness (QED) is 0.684. The van der Waals surface area contributed by atoms with E-state index in [2.05, 4.69) is 0 Å². The lowest BCUT2D eigenvalue weighted by molar-refractivity contribution is -0.132. The SMILES string of the molecule is CCc1ccc(C(=O)N(CC(=O)N2CC(=O)N(c3ccc(F)cc3)C2)CC(C)C)cc1. The molecule has 0 radical (unpaired) electrons. The minimum atomic E-state index is -0.391. The van der Waals surface area contributed by atoms with Crippen LogP contribution in [0.15, 0.2) is 48.5 Å². The number of hydrogen-bond donors (Lipinski definition) is 0. The maximum atomic E-state index is 13.2. The number of benzene rings is 2. The third-order valence-corrected chi connectivity index (χ3v) is 5.24. The highest BCUT2D eigenvalue weighted by Crippen LogP contribution is 2.20. The lowest BCUT2D eigenvalue weighted by Crippen LogP contribution is -2.44. The minimum absolute atomic E-state index is 0.0644. The Bertz CT molecular complexity index is 942. The molecule has 0 aliphatic carbocycles. The topological polar surface area (TPSA) is 60.9 Å². The summed E-state index contributed by atoms with van der Waals surface area (Å²) in [7, 11) is 0. The van der Waals surface area contributed by atoms with Gasteiger partial charge in [-0.1, -0.05) is 32.9 Å².